The third kappa shape index (κ3) is 3.07. The molecule has 2 heterocycles. The van der Waals surface area contributed by atoms with Crippen molar-refractivity contribution in [3.05, 3.63) is 54.1 Å². The third-order valence-electron chi connectivity index (χ3n) is 5.17. The first-order chi connectivity index (χ1) is 13.1. The Morgan fingerprint density at radius 1 is 1.07 bits per heavy atom. The van der Waals surface area contributed by atoms with Crippen LogP contribution in [-0.2, 0) is 20.8 Å². The second kappa shape index (κ2) is 6.87. The molecule has 0 radical (unpaired) electrons. The number of hydrogen-bond donors (Lipinski definition) is 1. The highest BCUT2D eigenvalue weighted by molar-refractivity contribution is 6.12. The van der Waals surface area contributed by atoms with E-state index < -0.39 is 5.92 Å². The molecule has 27 heavy (non-hydrogen) atoms. The maximum absolute atomic E-state index is 13.2. The molecule has 3 amide bonds. The minimum Gasteiger partial charge on any atom is -0.323 e. The van der Waals surface area contributed by atoms with Gasteiger partial charge >= 0.3 is 0 Å². The number of nitrogens with one attached hydrogen (secondary N) is 1. The van der Waals surface area contributed by atoms with Gasteiger partial charge < -0.3 is 15.1 Å². The molecule has 138 valence electrons. The number of nitrogens with zero attached hydrogens (tertiary/aromatic N) is 2. The third-order valence-corrected chi connectivity index (χ3v) is 5.17. The lowest BCUT2D eigenvalue weighted by atomic mass is 10.1. The molecule has 6 heteroatoms. The lowest BCUT2D eigenvalue weighted by molar-refractivity contribution is -0.125. The Bertz CT molecular complexity index is 924. The van der Waals surface area contributed by atoms with Crippen LogP contribution in [0, 0.1) is 5.92 Å². The molecule has 2 aliphatic rings. The molecular weight excluding hydrogens is 342 g/mol. The summed E-state index contributed by atoms with van der Waals surface area (Å²) < 4.78 is 0. The molecule has 0 aliphatic carbocycles. The monoisotopic (exact) mass is 363 g/mol. The number of aryl methyl sites for hydroxylation is 1. The Balaban J connectivity index is 1.59. The van der Waals surface area contributed by atoms with Crippen molar-refractivity contribution in [1.82, 2.24) is 0 Å². The van der Waals surface area contributed by atoms with Crippen LogP contribution in [0.4, 0.5) is 17.1 Å². The maximum Gasteiger partial charge on any atom is 0.244 e. The standard InChI is InChI=1S/C21H21N3O3/c1-2-14-7-3-5-9-17(14)23-12-15(11-20(23)26)21(27)24-13-19(25)22-16-8-4-6-10-18(16)24/h3-10,15H,2,11-13H2,1H3,(H,22,25)/t15-/m1/s1. The highest BCUT2D eigenvalue weighted by Crippen LogP contribution is 2.33. The fraction of sp³-hybridized carbons (Fsp3) is 0.286. The van der Waals surface area contributed by atoms with E-state index in [1.54, 1.807) is 11.0 Å². The van der Waals surface area contributed by atoms with Crippen LogP contribution in [0.15, 0.2) is 48.5 Å². The number of para-hydroxylation sites is 3. The van der Waals surface area contributed by atoms with E-state index in [9.17, 15) is 14.4 Å². The Labute approximate surface area is 157 Å². The van der Waals surface area contributed by atoms with Gasteiger partial charge in [-0.05, 0) is 30.2 Å². The van der Waals surface area contributed by atoms with Crippen molar-refractivity contribution >= 4 is 34.8 Å². The lowest BCUT2D eigenvalue weighted by Crippen LogP contribution is -2.45. The van der Waals surface area contributed by atoms with E-state index in [0.717, 1.165) is 17.7 Å². The molecule has 1 saturated heterocycles. The van der Waals surface area contributed by atoms with Crippen LogP contribution in [0.25, 0.3) is 0 Å². The zero-order chi connectivity index (χ0) is 19.0. The van der Waals surface area contributed by atoms with Gasteiger partial charge in [-0.25, -0.2) is 0 Å². The lowest BCUT2D eigenvalue weighted by Gasteiger charge is -2.31. The summed E-state index contributed by atoms with van der Waals surface area (Å²) in [6, 6.07) is 15.0. The number of anilines is 3. The minimum absolute atomic E-state index is 0.0217. The maximum atomic E-state index is 13.2. The summed E-state index contributed by atoms with van der Waals surface area (Å²) in [6.07, 6.45) is 0.982. The fourth-order valence-electron chi connectivity index (χ4n) is 3.83. The van der Waals surface area contributed by atoms with Crippen molar-refractivity contribution in [1.29, 1.82) is 0 Å². The molecule has 1 N–H and O–H groups in total. The number of carbonyl (C=O) groups excluding carboxylic acids is 3. The fourth-order valence-corrected chi connectivity index (χ4v) is 3.83. The summed E-state index contributed by atoms with van der Waals surface area (Å²) in [7, 11) is 0. The van der Waals surface area contributed by atoms with Crippen LogP contribution in [0.5, 0.6) is 0 Å². The summed E-state index contributed by atoms with van der Waals surface area (Å²) in [5.74, 6) is -0.910. The number of benzene rings is 2. The Kier molecular flexibility index (Phi) is 4.39. The first-order valence-corrected chi connectivity index (χ1v) is 9.17. The van der Waals surface area contributed by atoms with Crippen LogP contribution in [0.3, 0.4) is 0 Å². The molecule has 2 aliphatic heterocycles. The Hall–Kier alpha value is -3.15. The zero-order valence-corrected chi connectivity index (χ0v) is 15.1. The van der Waals surface area contributed by atoms with E-state index in [2.05, 4.69) is 5.32 Å². The van der Waals surface area contributed by atoms with Crippen molar-refractivity contribution in [2.45, 2.75) is 19.8 Å². The van der Waals surface area contributed by atoms with Crippen LogP contribution >= 0.6 is 0 Å². The first-order valence-electron chi connectivity index (χ1n) is 9.17. The van der Waals surface area contributed by atoms with Crippen LogP contribution < -0.4 is 15.1 Å². The quantitative estimate of drug-likeness (QED) is 0.911. The van der Waals surface area contributed by atoms with E-state index in [-0.39, 0.29) is 30.7 Å². The number of hydrogen-bond acceptors (Lipinski definition) is 3. The smallest absolute Gasteiger partial charge is 0.244 e. The highest BCUT2D eigenvalue weighted by Gasteiger charge is 2.39. The zero-order valence-electron chi connectivity index (χ0n) is 15.1. The SMILES string of the molecule is CCc1ccccc1N1C[C@H](C(=O)N2CC(=O)Nc3ccccc32)CC1=O. The largest absolute Gasteiger partial charge is 0.323 e. The average Bonchev–Trinajstić information content (AvgIpc) is 3.08. The second-order valence-corrected chi connectivity index (χ2v) is 6.88. The molecule has 0 aromatic heterocycles. The van der Waals surface area contributed by atoms with Crippen molar-refractivity contribution in [2.75, 3.05) is 28.2 Å². The number of fused-ring (bicyclic) bond motifs is 1. The summed E-state index contributed by atoms with van der Waals surface area (Å²) in [6.45, 7) is 2.37. The van der Waals surface area contributed by atoms with E-state index in [1.807, 2.05) is 49.4 Å². The molecular formula is C21H21N3O3. The van der Waals surface area contributed by atoms with Gasteiger partial charge in [-0.3, -0.25) is 14.4 Å². The average molecular weight is 363 g/mol. The van der Waals surface area contributed by atoms with Gasteiger partial charge in [-0.1, -0.05) is 37.3 Å². The topological polar surface area (TPSA) is 69.7 Å². The molecule has 0 spiro atoms. The van der Waals surface area contributed by atoms with Crippen LogP contribution in [0.1, 0.15) is 18.9 Å². The predicted molar refractivity (Wildman–Crippen MR) is 104 cm³/mol. The molecule has 4 rings (SSSR count). The van der Waals surface area contributed by atoms with Gasteiger partial charge in [-0.15, -0.1) is 0 Å². The summed E-state index contributed by atoms with van der Waals surface area (Å²) in [5, 5.41) is 2.78. The van der Waals surface area contributed by atoms with Gasteiger partial charge in [0.05, 0.1) is 17.3 Å². The molecule has 6 nitrogen and oxygen atoms in total. The number of amides is 3. The van der Waals surface area contributed by atoms with E-state index in [4.69, 9.17) is 0 Å². The Morgan fingerprint density at radius 3 is 2.56 bits per heavy atom. The minimum atomic E-state index is -0.457. The van der Waals surface area contributed by atoms with E-state index >= 15 is 0 Å². The first kappa shape index (κ1) is 17.3. The Morgan fingerprint density at radius 2 is 1.78 bits per heavy atom. The molecule has 2 aromatic rings. The normalized spacial score (nSPS) is 19.1. The van der Waals surface area contributed by atoms with Crippen LogP contribution in [0.2, 0.25) is 0 Å². The van der Waals surface area contributed by atoms with Crippen molar-refractivity contribution in [3.8, 4) is 0 Å². The van der Waals surface area contributed by atoms with Gasteiger partial charge in [0.2, 0.25) is 17.7 Å². The van der Waals surface area contributed by atoms with Gasteiger partial charge in [-0.2, -0.15) is 0 Å². The van der Waals surface area contributed by atoms with Crippen molar-refractivity contribution < 1.29 is 14.4 Å². The molecule has 2 aromatic carbocycles. The molecule has 0 bridgehead atoms. The highest BCUT2D eigenvalue weighted by atomic mass is 16.2. The van der Waals surface area contributed by atoms with Crippen molar-refractivity contribution in [3.63, 3.8) is 0 Å². The molecule has 0 saturated carbocycles. The van der Waals surface area contributed by atoms with Gasteiger partial charge in [0, 0.05) is 18.7 Å². The number of rotatable bonds is 3. The molecule has 1 fully saturated rings. The number of carbonyl (C=O) groups is 3. The summed E-state index contributed by atoms with van der Waals surface area (Å²) >= 11 is 0. The van der Waals surface area contributed by atoms with E-state index in [1.165, 1.54) is 4.90 Å². The van der Waals surface area contributed by atoms with E-state index in [0.29, 0.717) is 17.9 Å². The predicted octanol–water partition coefficient (Wildman–Crippen LogP) is 2.59. The van der Waals surface area contributed by atoms with Crippen molar-refractivity contribution in [2.24, 2.45) is 5.92 Å². The second-order valence-electron chi connectivity index (χ2n) is 6.88. The summed E-state index contributed by atoms with van der Waals surface area (Å²) in [4.78, 5) is 41.0. The molecule has 0 unspecified atom stereocenters. The van der Waals surface area contributed by atoms with Gasteiger partial charge in [0.15, 0.2) is 0 Å². The summed E-state index contributed by atoms with van der Waals surface area (Å²) in [5.41, 5.74) is 3.26. The molecule has 1 atom stereocenters. The van der Waals surface area contributed by atoms with Gasteiger partial charge in [0.1, 0.15) is 6.54 Å². The van der Waals surface area contributed by atoms with Gasteiger partial charge in [0.25, 0.3) is 0 Å². The van der Waals surface area contributed by atoms with Crippen LogP contribution in [-0.4, -0.2) is 30.8 Å².